The average molecular weight is 444 g/mol. The summed E-state index contributed by atoms with van der Waals surface area (Å²) in [5, 5.41) is 7.31. The maximum absolute atomic E-state index is 12.4. The standard InChI is InChI=1S/C23H29N3O6/c1-23(2,3)32-22(27)24-20-16-10-8-9-15(26(16)25-21(20)31-7)19-17(29-5)11-14(13-28-4)12-18(19)30-6/h8-12H,13H2,1-7H3,(H,24,27). The molecule has 9 heteroatoms. The van der Waals surface area contributed by atoms with Crippen molar-refractivity contribution in [2.45, 2.75) is 33.0 Å². The lowest BCUT2D eigenvalue weighted by Crippen LogP contribution is -2.27. The van der Waals surface area contributed by atoms with Gasteiger partial charge in [0.15, 0.2) is 0 Å². The minimum absolute atomic E-state index is 0.247. The summed E-state index contributed by atoms with van der Waals surface area (Å²) in [6, 6.07) is 9.34. The Morgan fingerprint density at radius 2 is 1.69 bits per heavy atom. The molecular formula is C23H29N3O6. The first-order valence-corrected chi connectivity index (χ1v) is 10.0. The van der Waals surface area contributed by atoms with Crippen molar-refractivity contribution in [2.75, 3.05) is 33.8 Å². The summed E-state index contributed by atoms with van der Waals surface area (Å²) in [4.78, 5) is 12.4. The van der Waals surface area contributed by atoms with Crippen LogP contribution >= 0.6 is 0 Å². The molecular weight excluding hydrogens is 414 g/mol. The number of aromatic nitrogens is 2. The molecule has 0 bridgehead atoms. The summed E-state index contributed by atoms with van der Waals surface area (Å²) >= 11 is 0. The number of carbonyl (C=O) groups excluding carboxylic acids is 1. The molecule has 0 fully saturated rings. The van der Waals surface area contributed by atoms with Crippen LogP contribution in [0.25, 0.3) is 16.8 Å². The fourth-order valence-electron chi connectivity index (χ4n) is 3.37. The number of fused-ring (bicyclic) bond motifs is 1. The van der Waals surface area contributed by atoms with Crippen molar-refractivity contribution < 1.29 is 28.5 Å². The van der Waals surface area contributed by atoms with Crippen molar-refractivity contribution in [1.82, 2.24) is 9.61 Å². The van der Waals surface area contributed by atoms with E-state index in [0.29, 0.717) is 40.6 Å². The van der Waals surface area contributed by atoms with Gasteiger partial charge in [-0.3, -0.25) is 5.32 Å². The predicted octanol–water partition coefficient (Wildman–Crippen LogP) is 4.52. The summed E-state index contributed by atoms with van der Waals surface area (Å²) < 4.78 is 29.1. The van der Waals surface area contributed by atoms with Gasteiger partial charge in [-0.05, 0) is 50.6 Å². The van der Waals surface area contributed by atoms with Gasteiger partial charge in [-0.25, -0.2) is 9.31 Å². The maximum Gasteiger partial charge on any atom is 0.412 e. The highest BCUT2D eigenvalue weighted by Crippen LogP contribution is 2.41. The first-order chi connectivity index (χ1) is 15.2. The Labute approximate surface area is 187 Å². The van der Waals surface area contributed by atoms with Crippen molar-refractivity contribution in [2.24, 2.45) is 0 Å². The molecule has 3 rings (SSSR count). The van der Waals surface area contributed by atoms with E-state index in [0.717, 1.165) is 5.56 Å². The van der Waals surface area contributed by atoms with Crippen LogP contribution in [-0.4, -0.2) is 49.7 Å². The minimum atomic E-state index is -0.643. The number of carbonyl (C=O) groups is 1. The number of anilines is 1. The van der Waals surface area contributed by atoms with Gasteiger partial charge in [-0.1, -0.05) is 6.07 Å². The molecule has 0 saturated carbocycles. The molecule has 0 aliphatic heterocycles. The van der Waals surface area contributed by atoms with Gasteiger partial charge in [0, 0.05) is 7.11 Å². The van der Waals surface area contributed by atoms with E-state index < -0.39 is 11.7 Å². The van der Waals surface area contributed by atoms with E-state index in [9.17, 15) is 4.79 Å². The monoisotopic (exact) mass is 443 g/mol. The lowest BCUT2D eigenvalue weighted by molar-refractivity contribution is 0.0635. The van der Waals surface area contributed by atoms with E-state index >= 15 is 0 Å². The van der Waals surface area contributed by atoms with Crippen molar-refractivity contribution in [3.63, 3.8) is 0 Å². The second-order valence-electron chi connectivity index (χ2n) is 8.03. The number of rotatable bonds is 7. The van der Waals surface area contributed by atoms with E-state index in [2.05, 4.69) is 10.4 Å². The Balaban J connectivity index is 2.18. The average Bonchev–Trinajstić information content (AvgIpc) is 3.09. The van der Waals surface area contributed by atoms with Crippen LogP contribution in [0, 0.1) is 0 Å². The Bertz CT molecular complexity index is 1090. The first-order valence-electron chi connectivity index (χ1n) is 10.0. The van der Waals surface area contributed by atoms with Crippen LogP contribution in [-0.2, 0) is 16.1 Å². The number of ether oxygens (including phenoxy) is 5. The molecule has 9 nitrogen and oxygen atoms in total. The third-order valence-electron chi connectivity index (χ3n) is 4.58. The number of methoxy groups -OCH3 is 4. The fraction of sp³-hybridized carbons (Fsp3) is 0.391. The fourth-order valence-corrected chi connectivity index (χ4v) is 3.37. The Hall–Kier alpha value is -3.46. The number of hydrogen-bond donors (Lipinski definition) is 1. The second-order valence-corrected chi connectivity index (χ2v) is 8.03. The third-order valence-corrected chi connectivity index (χ3v) is 4.58. The number of amides is 1. The van der Waals surface area contributed by atoms with Crippen molar-refractivity contribution in [3.8, 4) is 28.6 Å². The molecule has 2 heterocycles. The molecule has 0 atom stereocenters. The predicted molar refractivity (Wildman–Crippen MR) is 121 cm³/mol. The van der Waals surface area contributed by atoms with Crippen LogP contribution in [0.3, 0.4) is 0 Å². The zero-order valence-corrected chi connectivity index (χ0v) is 19.4. The van der Waals surface area contributed by atoms with Crippen molar-refractivity contribution in [3.05, 3.63) is 35.9 Å². The van der Waals surface area contributed by atoms with Gasteiger partial charge in [0.05, 0.1) is 44.7 Å². The highest BCUT2D eigenvalue weighted by Gasteiger charge is 2.24. The van der Waals surface area contributed by atoms with E-state index in [1.165, 1.54) is 7.11 Å². The van der Waals surface area contributed by atoms with E-state index in [1.54, 1.807) is 46.6 Å². The summed E-state index contributed by atoms with van der Waals surface area (Å²) in [6.45, 7) is 5.80. The third kappa shape index (κ3) is 4.72. The highest BCUT2D eigenvalue weighted by molar-refractivity contribution is 5.94. The molecule has 1 amide bonds. The van der Waals surface area contributed by atoms with Gasteiger partial charge >= 0.3 is 6.09 Å². The lowest BCUT2D eigenvalue weighted by Gasteiger charge is -2.19. The van der Waals surface area contributed by atoms with E-state index in [-0.39, 0.29) is 5.88 Å². The van der Waals surface area contributed by atoms with Gasteiger partial charge in [0.1, 0.15) is 22.8 Å². The zero-order chi connectivity index (χ0) is 23.5. The SMILES string of the molecule is COCc1cc(OC)c(-c2cccc3c(NC(=O)OC(C)(C)C)c(OC)nn23)c(OC)c1. The minimum Gasteiger partial charge on any atom is -0.496 e. The molecule has 1 N–H and O–H groups in total. The summed E-state index contributed by atoms with van der Waals surface area (Å²) in [6.07, 6.45) is -0.602. The van der Waals surface area contributed by atoms with E-state index in [1.807, 2.05) is 30.3 Å². The number of nitrogens with one attached hydrogen (secondary N) is 1. The van der Waals surface area contributed by atoms with E-state index in [4.69, 9.17) is 23.7 Å². The Morgan fingerprint density at radius 3 is 2.22 bits per heavy atom. The van der Waals surface area contributed by atoms with Crippen molar-refractivity contribution >= 4 is 17.3 Å². The first kappa shape index (κ1) is 23.2. The molecule has 0 spiro atoms. The topological polar surface area (TPSA) is 92.6 Å². The highest BCUT2D eigenvalue weighted by atomic mass is 16.6. The summed E-state index contributed by atoms with van der Waals surface area (Å²) in [5.41, 5.74) is 2.68. The van der Waals surface area contributed by atoms with Gasteiger partial charge in [0.25, 0.3) is 5.88 Å². The zero-order valence-electron chi connectivity index (χ0n) is 19.4. The van der Waals surface area contributed by atoms with Crippen LogP contribution in [0.2, 0.25) is 0 Å². The largest absolute Gasteiger partial charge is 0.496 e. The summed E-state index contributed by atoms with van der Waals surface area (Å²) in [5.74, 6) is 1.44. The van der Waals surface area contributed by atoms with Gasteiger partial charge in [-0.2, -0.15) is 0 Å². The van der Waals surface area contributed by atoms with Crippen LogP contribution in [0.1, 0.15) is 26.3 Å². The second kappa shape index (κ2) is 9.35. The molecule has 0 saturated heterocycles. The molecule has 0 aliphatic rings. The number of hydrogen-bond acceptors (Lipinski definition) is 7. The maximum atomic E-state index is 12.4. The summed E-state index contributed by atoms with van der Waals surface area (Å²) in [7, 11) is 6.30. The molecule has 2 aromatic heterocycles. The Morgan fingerprint density at radius 1 is 1.03 bits per heavy atom. The smallest absolute Gasteiger partial charge is 0.412 e. The van der Waals surface area contributed by atoms with Crippen LogP contribution in [0.5, 0.6) is 17.4 Å². The van der Waals surface area contributed by atoms with Gasteiger partial charge in [0.2, 0.25) is 0 Å². The quantitative estimate of drug-likeness (QED) is 0.574. The number of nitrogens with zero attached hydrogens (tertiary/aromatic N) is 2. The van der Waals surface area contributed by atoms with Crippen LogP contribution in [0.15, 0.2) is 30.3 Å². The number of pyridine rings is 1. The van der Waals surface area contributed by atoms with Crippen LogP contribution in [0.4, 0.5) is 10.5 Å². The molecule has 0 unspecified atom stereocenters. The molecule has 32 heavy (non-hydrogen) atoms. The normalized spacial score (nSPS) is 11.3. The number of benzene rings is 1. The lowest BCUT2D eigenvalue weighted by atomic mass is 10.0. The molecule has 0 aliphatic carbocycles. The van der Waals surface area contributed by atoms with Crippen LogP contribution < -0.4 is 19.5 Å². The van der Waals surface area contributed by atoms with Crippen molar-refractivity contribution in [1.29, 1.82) is 0 Å². The van der Waals surface area contributed by atoms with Gasteiger partial charge in [-0.15, -0.1) is 5.10 Å². The van der Waals surface area contributed by atoms with Gasteiger partial charge < -0.3 is 23.7 Å². The molecule has 0 radical (unpaired) electrons. The molecule has 172 valence electrons. The molecule has 1 aromatic carbocycles. The molecule has 3 aromatic rings. The Kier molecular flexibility index (Phi) is 6.78.